The van der Waals surface area contributed by atoms with E-state index in [2.05, 4.69) is 117 Å². The first-order valence-electron chi connectivity index (χ1n) is 19.7. The van der Waals surface area contributed by atoms with Crippen LogP contribution in [0.15, 0.2) is 60.7 Å². The van der Waals surface area contributed by atoms with Crippen molar-refractivity contribution in [1.82, 2.24) is 10.6 Å². The Morgan fingerprint density at radius 1 is 0.891 bits per heavy atom. The third-order valence-corrected chi connectivity index (χ3v) is 6.00. The Morgan fingerprint density at radius 3 is 1.89 bits per heavy atom. The van der Waals surface area contributed by atoms with Gasteiger partial charge in [0.2, 0.25) is 11.8 Å². The molecule has 1 aromatic rings. The molecule has 0 aliphatic heterocycles. The van der Waals surface area contributed by atoms with Gasteiger partial charge in [0, 0.05) is 31.5 Å². The summed E-state index contributed by atoms with van der Waals surface area (Å²) in [6, 6.07) is 6.08. The van der Waals surface area contributed by atoms with Crippen molar-refractivity contribution in [1.29, 1.82) is 0 Å². The lowest BCUT2D eigenvalue weighted by atomic mass is 9.97. The van der Waals surface area contributed by atoms with Gasteiger partial charge in [-0.1, -0.05) is 149 Å². The maximum atomic E-state index is 12.3. The van der Waals surface area contributed by atoms with Gasteiger partial charge in [-0.25, -0.2) is 0 Å². The molecule has 1 rings (SSSR count). The van der Waals surface area contributed by atoms with Gasteiger partial charge >= 0.3 is 0 Å². The number of allylic oxidation sites excluding steroid dienone is 4. The van der Waals surface area contributed by atoms with Gasteiger partial charge in [0.05, 0.1) is 19.8 Å². The molecule has 312 valence electrons. The van der Waals surface area contributed by atoms with Crippen LogP contribution < -0.4 is 10.6 Å². The molecule has 6 heteroatoms. The molecule has 0 atom stereocenters. The summed E-state index contributed by atoms with van der Waals surface area (Å²) in [6.07, 6.45) is 28.8. The Balaban J connectivity index is -0.000000224. The van der Waals surface area contributed by atoms with Crippen molar-refractivity contribution in [3.05, 3.63) is 77.4 Å². The molecule has 0 radical (unpaired) electrons. The number of carbonyl (C=O) groups is 2. The second kappa shape index (κ2) is 47.7. The molecule has 55 heavy (non-hydrogen) atoms. The summed E-state index contributed by atoms with van der Waals surface area (Å²) in [5.74, 6) is 6.35. The third kappa shape index (κ3) is 54.2. The van der Waals surface area contributed by atoms with Crippen molar-refractivity contribution in [2.75, 3.05) is 39.5 Å². The Hall–Kier alpha value is -4.28. The van der Waals surface area contributed by atoms with Gasteiger partial charge < -0.3 is 20.1 Å². The molecular weight excluding hydrogens is 681 g/mol. The molecule has 2 amide bonds. The van der Waals surface area contributed by atoms with E-state index in [4.69, 9.17) is 9.47 Å². The summed E-state index contributed by atoms with van der Waals surface area (Å²) < 4.78 is 10.8. The third-order valence-electron chi connectivity index (χ3n) is 6.00. The van der Waals surface area contributed by atoms with Crippen molar-refractivity contribution in [2.24, 2.45) is 11.3 Å². The van der Waals surface area contributed by atoms with Crippen molar-refractivity contribution >= 4 is 17.9 Å². The zero-order valence-electron chi connectivity index (χ0n) is 37.8. The molecule has 0 saturated heterocycles. The van der Waals surface area contributed by atoms with Crippen LogP contribution in [-0.2, 0) is 19.1 Å². The molecule has 0 aromatic heterocycles. The Labute approximate surface area is 341 Å². The molecule has 0 spiro atoms. The van der Waals surface area contributed by atoms with E-state index in [-0.39, 0.29) is 17.7 Å². The zero-order valence-corrected chi connectivity index (χ0v) is 37.8. The molecule has 1 aromatic carbocycles. The van der Waals surface area contributed by atoms with Crippen LogP contribution in [0.1, 0.15) is 139 Å². The SMILES string of the molecule is C#C.C#C.C=C/C=C(/C)CC(=C)C.CC.CC.CC(C)(C)C.CCCC(CCC)C(=O)NC/C=C\c1cc(C#CCOCCOCCNC(C)=O)ccc1C. The van der Waals surface area contributed by atoms with Gasteiger partial charge in [0.15, 0.2) is 0 Å². The van der Waals surface area contributed by atoms with E-state index < -0.39 is 0 Å². The maximum absolute atomic E-state index is 12.3. The van der Waals surface area contributed by atoms with Crippen molar-refractivity contribution in [3.8, 4) is 37.5 Å². The minimum atomic E-state index is -0.0606. The Bertz CT molecular complexity index is 1230. The molecule has 0 saturated carbocycles. The number of terminal acetylenes is 2. The summed E-state index contributed by atoms with van der Waals surface area (Å²) in [6.45, 7) is 38.8. The highest BCUT2D eigenvalue weighted by molar-refractivity contribution is 5.78. The van der Waals surface area contributed by atoms with Crippen LogP contribution >= 0.6 is 0 Å². The summed E-state index contributed by atoms with van der Waals surface area (Å²) in [5, 5.41) is 5.70. The van der Waals surface area contributed by atoms with Crippen LogP contribution in [0.25, 0.3) is 6.08 Å². The van der Waals surface area contributed by atoms with Gasteiger partial charge in [-0.3, -0.25) is 9.59 Å². The summed E-state index contributed by atoms with van der Waals surface area (Å²) in [4.78, 5) is 23.1. The number of benzene rings is 1. The quantitative estimate of drug-likeness (QED) is 0.0676. The summed E-state index contributed by atoms with van der Waals surface area (Å²) >= 11 is 0. The fourth-order valence-electron chi connectivity index (χ4n) is 4.01. The van der Waals surface area contributed by atoms with E-state index in [1.807, 2.05) is 71.0 Å². The molecule has 0 fully saturated rings. The molecule has 6 nitrogen and oxygen atoms in total. The number of hydrogen-bond donors (Lipinski definition) is 2. The van der Waals surface area contributed by atoms with Crippen LogP contribution in [0.3, 0.4) is 0 Å². The second-order valence-corrected chi connectivity index (χ2v) is 13.3. The van der Waals surface area contributed by atoms with Crippen LogP contribution in [0, 0.1) is 55.8 Å². The van der Waals surface area contributed by atoms with E-state index >= 15 is 0 Å². The lowest BCUT2D eigenvalue weighted by Crippen LogP contribution is -2.30. The standard InChI is InChI=1S/C27H40N2O4.C9H14.C5H12.2C2H6.2C2H2/c1-5-9-25(10-6-2)27(31)29-15-7-12-26-21-24(14-13-22(26)3)11-8-17-32-19-20-33-18-16-28-23(4)30;1-5-6-9(4)7-8(2)3;1-5(2,3)4;4*1-2/h7,12-14,21,25H,5-6,9-10,15-20H2,1-4H3,(H,28,30)(H,29,31);5-6H,1-2,7H2,3-4H3;1-4H3;2*1-2H3;2*1-2H/b12-7-;9-6-;;;;;. The van der Waals surface area contributed by atoms with Gasteiger partial charge in [0.25, 0.3) is 0 Å². The number of carbonyl (C=O) groups excluding carboxylic acids is 2. The highest BCUT2D eigenvalue weighted by Gasteiger charge is 2.15. The first-order chi connectivity index (χ1) is 26.1. The van der Waals surface area contributed by atoms with Gasteiger partial charge in [-0.15, -0.1) is 25.7 Å². The molecule has 0 bridgehead atoms. The fourth-order valence-corrected chi connectivity index (χ4v) is 4.01. The predicted octanol–water partition coefficient (Wildman–Crippen LogP) is 11.6. The molecule has 0 heterocycles. The normalized spacial score (nSPS) is 9.69. The second-order valence-electron chi connectivity index (χ2n) is 13.3. The molecular formula is C49H82N2O4. The van der Waals surface area contributed by atoms with Crippen molar-refractivity contribution < 1.29 is 19.1 Å². The summed E-state index contributed by atoms with van der Waals surface area (Å²) in [7, 11) is 0. The van der Waals surface area contributed by atoms with Gasteiger partial charge in [-0.05, 0) is 68.7 Å². The number of aryl methyl sites for hydroxylation is 1. The zero-order chi connectivity index (χ0) is 44.1. The van der Waals surface area contributed by atoms with Crippen molar-refractivity contribution in [3.63, 3.8) is 0 Å². The number of hydrogen-bond acceptors (Lipinski definition) is 4. The van der Waals surface area contributed by atoms with Gasteiger partial charge in [-0.2, -0.15) is 0 Å². The number of amides is 2. The van der Waals surface area contributed by atoms with E-state index in [1.165, 1.54) is 18.1 Å². The maximum Gasteiger partial charge on any atom is 0.223 e. The summed E-state index contributed by atoms with van der Waals surface area (Å²) in [5.41, 5.74) is 6.18. The van der Waals surface area contributed by atoms with Crippen LogP contribution in [0.5, 0.6) is 0 Å². The predicted molar refractivity (Wildman–Crippen MR) is 245 cm³/mol. The Kier molecular flexibility index (Phi) is 54.4. The van der Waals surface area contributed by atoms with Crippen LogP contribution in [0.2, 0.25) is 0 Å². The fraction of sp³-hybridized carbons (Fsp3) is 0.551. The lowest BCUT2D eigenvalue weighted by molar-refractivity contribution is -0.125. The smallest absolute Gasteiger partial charge is 0.223 e. The van der Waals surface area contributed by atoms with E-state index in [1.54, 1.807) is 6.08 Å². The average Bonchev–Trinajstić information content (AvgIpc) is 3.14. The number of rotatable bonds is 18. The van der Waals surface area contributed by atoms with E-state index in [0.717, 1.165) is 48.8 Å². The number of nitrogens with one attached hydrogen (secondary N) is 2. The number of ether oxygens (including phenoxy) is 2. The average molecular weight is 763 g/mol. The van der Waals surface area contributed by atoms with Crippen LogP contribution in [0.4, 0.5) is 0 Å². The Morgan fingerprint density at radius 2 is 1.42 bits per heavy atom. The molecule has 2 N–H and O–H groups in total. The minimum absolute atomic E-state index is 0.0606. The van der Waals surface area contributed by atoms with E-state index in [0.29, 0.717) is 44.9 Å². The topological polar surface area (TPSA) is 76.7 Å². The highest BCUT2D eigenvalue weighted by Crippen LogP contribution is 2.14. The molecule has 0 aliphatic rings. The molecule has 0 aliphatic carbocycles. The lowest BCUT2D eigenvalue weighted by Gasteiger charge is -2.14. The first-order valence-corrected chi connectivity index (χ1v) is 19.7. The monoisotopic (exact) mass is 763 g/mol. The minimum Gasteiger partial charge on any atom is -0.377 e. The molecule has 0 unspecified atom stereocenters. The largest absolute Gasteiger partial charge is 0.377 e. The first kappa shape index (κ1) is 62.7. The highest BCUT2D eigenvalue weighted by atomic mass is 16.5. The van der Waals surface area contributed by atoms with Crippen LogP contribution in [-0.4, -0.2) is 51.3 Å². The van der Waals surface area contributed by atoms with E-state index in [9.17, 15) is 9.59 Å². The van der Waals surface area contributed by atoms with Crippen molar-refractivity contribution in [2.45, 2.75) is 129 Å². The van der Waals surface area contributed by atoms with Gasteiger partial charge in [0.1, 0.15) is 6.61 Å².